The fraction of sp³-hybridized carbons (Fsp3) is 0.500. The summed E-state index contributed by atoms with van der Waals surface area (Å²) in [7, 11) is 0.587. The SMILES string of the molecule is CCCNS(=O)(=O)c1c(OC)cc(OC)cc1OC. The van der Waals surface area contributed by atoms with Gasteiger partial charge in [-0.15, -0.1) is 0 Å². The van der Waals surface area contributed by atoms with Crippen LogP contribution in [0.3, 0.4) is 0 Å². The lowest BCUT2D eigenvalue weighted by atomic mass is 10.3. The van der Waals surface area contributed by atoms with Crippen molar-refractivity contribution in [2.75, 3.05) is 27.9 Å². The Morgan fingerprint density at radius 1 is 1.05 bits per heavy atom. The molecule has 0 atom stereocenters. The van der Waals surface area contributed by atoms with E-state index in [9.17, 15) is 8.42 Å². The van der Waals surface area contributed by atoms with Gasteiger partial charge in [0.05, 0.1) is 21.3 Å². The zero-order valence-corrected chi connectivity index (χ0v) is 12.3. The zero-order chi connectivity index (χ0) is 14.5. The molecule has 0 aliphatic heterocycles. The van der Waals surface area contributed by atoms with Crippen molar-refractivity contribution >= 4 is 10.0 Å². The molecule has 0 spiro atoms. The number of benzene rings is 1. The van der Waals surface area contributed by atoms with E-state index in [2.05, 4.69) is 4.72 Å². The molecule has 0 amide bonds. The van der Waals surface area contributed by atoms with Gasteiger partial charge in [0.1, 0.15) is 17.2 Å². The minimum Gasteiger partial charge on any atom is -0.496 e. The maximum atomic E-state index is 12.2. The van der Waals surface area contributed by atoms with Crippen LogP contribution in [0, 0.1) is 0 Å². The van der Waals surface area contributed by atoms with E-state index < -0.39 is 10.0 Å². The highest BCUT2D eigenvalue weighted by atomic mass is 32.2. The number of hydrogen-bond acceptors (Lipinski definition) is 5. The molecular formula is C12H19NO5S. The number of nitrogens with one attached hydrogen (secondary N) is 1. The van der Waals surface area contributed by atoms with Crippen LogP contribution < -0.4 is 18.9 Å². The quantitative estimate of drug-likeness (QED) is 0.821. The summed E-state index contributed by atoms with van der Waals surface area (Å²) in [4.78, 5) is -0.0215. The summed E-state index contributed by atoms with van der Waals surface area (Å²) in [6, 6.07) is 3.01. The third kappa shape index (κ3) is 3.51. The number of sulfonamides is 1. The van der Waals surface area contributed by atoms with Crippen molar-refractivity contribution in [3.05, 3.63) is 12.1 Å². The van der Waals surface area contributed by atoms with Crippen LogP contribution in [0.15, 0.2) is 17.0 Å². The molecule has 0 saturated heterocycles. The molecular weight excluding hydrogens is 270 g/mol. The van der Waals surface area contributed by atoms with E-state index >= 15 is 0 Å². The molecule has 108 valence electrons. The monoisotopic (exact) mass is 289 g/mol. The van der Waals surface area contributed by atoms with Crippen LogP contribution in [0.25, 0.3) is 0 Å². The van der Waals surface area contributed by atoms with Gasteiger partial charge in [-0.25, -0.2) is 13.1 Å². The van der Waals surface area contributed by atoms with Crippen LogP contribution in [-0.4, -0.2) is 36.3 Å². The predicted octanol–water partition coefficient (Wildman–Crippen LogP) is 1.40. The van der Waals surface area contributed by atoms with Crippen molar-refractivity contribution in [2.45, 2.75) is 18.2 Å². The minimum atomic E-state index is -3.69. The lowest BCUT2D eigenvalue weighted by Gasteiger charge is -2.15. The number of ether oxygens (including phenoxy) is 3. The molecule has 0 radical (unpaired) electrons. The molecule has 1 aromatic rings. The van der Waals surface area contributed by atoms with E-state index in [1.54, 1.807) is 0 Å². The summed E-state index contributed by atoms with van der Waals surface area (Å²) >= 11 is 0. The van der Waals surface area contributed by atoms with E-state index in [-0.39, 0.29) is 16.4 Å². The van der Waals surface area contributed by atoms with Crippen molar-refractivity contribution in [2.24, 2.45) is 0 Å². The molecule has 19 heavy (non-hydrogen) atoms. The second kappa shape index (κ2) is 6.63. The fourth-order valence-electron chi connectivity index (χ4n) is 1.55. The highest BCUT2D eigenvalue weighted by Gasteiger charge is 2.25. The van der Waals surface area contributed by atoms with Crippen molar-refractivity contribution in [3.63, 3.8) is 0 Å². The van der Waals surface area contributed by atoms with E-state index in [1.165, 1.54) is 33.5 Å². The van der Waals surface area contributed by atoms with Crippen molar-refractivity contribution < 1.29 is 22.6 Å². The lowest BCUT2D eigenvalue weighted by molar-refractivity contribution is 0.359. The van der Waals surface area contributed by atoms with E-state index in [0.717, 1.165) is 0 Å². The molecule has 0 unspecified atom stereocenters. The third-order valence-corrected chi connectivity index (χ3v) is 4.00. The Balaban J connectivity index is 3.39. The summed E-state index contributed by atoms with van der Waals surface area (Å²) in [6.07, 6.45) is 0.694. The summed E-state index contributed by atoms with van der Waals surface area (Å²) < 4.78 is 42.3. The zero-order valence-electron chi connectivity index (χ0n) is 11.5. The average molecular weight is 289 g/mol. The lowest BCUT2D eigenvalue weighted by Crippen LogP contribution is -2.25. The molecule has 1 rings (SSSR count). The van der Waals surface area contributed by atoms with Gasteiger partial charge >= 0.3 is 0 Å². The van der Waals surface area contributed by atoms with Gasteiger partial charge in [-0.2, -0.15) is 0 Å². The van der Waals surface area contributed by atoms with Gasteiger partial charge < -0.3 is 14.2 Å². The fourth-order valence-corrected chi connectivity index (χ4v) is 2.98. The second-order valence-electron chi connectivity index (χ2n) is 3.76. The summed E-state index contributed by atoms with van der Waals surface area (Å²) in [5.41, 5.74) is 0. The van der Waals surface area contributed by atoms with Gasteiger partial charge in [0.25, 0.3) is 0 Å². The van der Waals surface area contributed by atoms with Crippen LogP contribution in [0.5, 0.6) is 17.2 Å². The van der Waals surface area contributed by atoms with Crippen LogP contribution in [0.4, 0.5) is 0 Å². The van der Waals surface area contributed by atoms with E-state index in [0.29, 0.717) is 18.7 Å². The van der Waals surface area contributed by atoms with Crippen LogP contribution in [0.1, 0.15) is 13.3 Å². The smallest absolute Gasteiger partial charge is 0.247 e. The Morgan fingerprint density at radius 3 is 1.95 bits per heavy atom. The molecule has 1 N–H and O–H groups in total. The van der Waals surface area contributed by atoms with Gasteiger partial charge in [-0.1, -0.05) is 6.92 Å². The predicted molar refractivity (Wildman–Crippen MR) is 71.6 cm³/mol. The molecule has 7 heteroatoms. The average Bonchev–Trinajstić information content (AvgIpc) is 2.43. The molecule has 0 aliphatic carbocycles. The Kier molecular flexibility index (Phi) is 5.44. The standard InChI is InChI=1S/C12H19NO5S/c1-5-6-13-19(14,15)12-10(17-3)7-9(16-2)8-11(12)18-4/h7-8,13H,5-6H2,1-4H3. The maximum Gasteiger partial charge on any atom is 0.247 e. The number of methoxy groups -OCH3 is 3. The summed E-state index contributed by atoms with van der Waals surface area (Å²) in [5.74, 6) is 0.822. The molecule has 0 fully saturated rings. The molecule has 0 aromatic heterocycles. The first-order valence-corrected chi connectivity index (χ1v) is 7.28. The van der Waals surface area contributed by atoms with Crippen LogP contribution in [0.2, 0.25) is 0 Å². The van der Waals surface area contributed by atoms with E-state index in [4.69, 9.17) is 14.2 Å². The highest BCUT2D eigenvalue weighted by Crippen LogP contribution is 2.37. The first-order valence-electron chi connectivity index (χ1n) is 5.79. The number of rotatable bonds is 7. The Bertz CT molecular complexity index is 502. The third-order valence-electron chi connectivity index (χ3n) is 2.48. The first kappa shape index (κ1) is 15.6. The molecule has 0 saturated carbocycles. The Morgan fingerprint density at radius 2 is 1.58 bits per heavy atom. The second-order valence-corrected chi connectivity index (χ2v) is 5.46. The van der Waals surface area contributed by atoms with Crippen molar-refractivity contribution in [1.82, 2.24) is 4.72 Å². The number of hydrogen-bond donors (Lipinski definition) is 1. The normalized spacial score (nSPS) is 11.2. The van der Waals surface area contributed by atoms with Gasteiger partial charge in [0, 0.05) is 18.7 Å². The molecule has 6 nitrogen and oxygen atoms in total. The van der Waals surface area contributed by atoms with Crippen molar-refractivity contribution in [1.29, 1.82) is 0 Å². The van der Waals surface area contributed by atoms with Gasteiger partial charge in [0.2, 0.25) is 10.0 Å². The molecule has 0 aliphatic rings. The van der Waals surface area contributed by atoms with Crippen LogP contribution >= 0.6 is 0 Å². The highest BCUT2D eigenvalue weighted by molar-refractivity contribution is 7.89. The van der Waals surface area contributed by atoms with Gasteiger partial charge in [-0.05, 0) is 6.42 Å². The van der Waals surface area contributed by atoms with E-state index in [1.807, 2.05) is 6.92 Å². The molecule has 0 heterocycles. The summed E-state index contributed by atoms with van der Waals surface area (Å²) in [6.45, 7) is 2.23. The minimum absolute atomic E-state index is 0.0215. The first-order chi connectivity index (χ1) is 9.00. The maximum absolute atomic E-state index is 12.2. The van der Waals surface area contributed by atoms with Crippen molar-refractivity contribution in [3.8, 4) is 17.2 Å². The molecule has 1 aromatic carbocycles. The van der Waals surface area contributed by atoms with Crippen LogP contribution in [-0.2, 0) is 10.0 Å². The van der Waals surface area contributed by atoms with Gasteiger partial charge in [0.15, 0.2) is 4.90 Å². The Hall–Kier alpha value is -1.47. The van der Waals surface area contributed by atoms with Gasteiger partial charge in [-0.3, -0.25) is 0 Å². The molecule has 0 bridgehead atoms. The summed E-state index contributed by atoms with van der Waals surface area (Å²) in [5, 5.41) is 0. The largest absolute Gasteiger partial charge is 0.496 e. The topological polar surface area (TPSA) is 73.9 Å². The Labute approximate surface area is 113 Å².